The van der Waals surface area contributed by atoms with Crippen LogP contribution in [0.3, 0.4) is 0 Å². The molecule has 1 aliphatic heterocycles. The summed E-state index contributed by atoms with van der Waals surface area (Å²) in [5, 5.41) is 0.438. The van der Waals surface area contributed by atoms with E-state index in [1.807, 2.05) is 48.2 Å². The Morgan fingerprint density at radius 2 is 1.79 bits per heavy atom. The Labute approximate surface area is 199 Å². The molecule has 1 heterocycles. The van der Waals surface area contributed by atoms with Gasteiger partial charge in [0.1, 0.15) is 18.2 Å². The largest absolute Gasteiger partial charge is 0.489 e. The monoisotopic (exact) mass is 466 g/mol. The Hall–Kier alpha value is -2.89. The number of piperazine rings is 1. The van der Waals surface area contributed by atoms with Gasteiger partial charge >= 0.3 is 0 Å². The molecule has 0 unspecified atom stereocenters. The molecule has 0 bridgehead atoms. The maximum Gasteiger partial charge on any atom is 0.253 e. The molecule has 0 N–H and O–H groups in total. The predicted octanol–water partition coefficient (Wildman–Crippen LogP) is 5.63. The Morgan fingerprint density at radius 3 is 2.52 bits per heavy atom. The predicted molar refractivity (Wildman–Crippen MR) is 129 cm³/mol. The first-order valence-corrected chi connectivity index (χ1v) is 11.5. The third-order valence-electron chi connectivity index (χ3n) is 5.97. The maximum absolute atomic E-state index is 13.3. The van der Waals surface area contributed by atoms with E-state index in [1.54, 1.807) is 6.07 Å². The van der Waals surface area contributed by atoms with E-state index in [1.165, 1.54) is 17.7 Å². The fourth-order valence-electron chi connectivity index (χ4n) is 4.10. The van der Waals surface area contributed by atoms with Crippen molar-refractivity contribution in [1.29, 1.82) is 0 Å². The lowest BCUT2D eigenvalue weighted by atomic mass is 10.1. The number of hydrogen-bond donors (Lipinski definition) is 0. The number of nitrogens with zero attached hydrogens (tertiary/aromatic N) is 2. The molecule has 6 heteroatoms. The Bertz CT molecular complexity index is 1140. The highest BCUT2D eigenvalue weighted by Gasteiger charge is 2.23. The molecular weight excluding hydrogens is 439 g/mol. The summed E-state index contributed by atoms with van der Waals surface area (Å²) in [6, 6.07) is 18.3. The van der Waals surface area contributed by atoms with E-state index in [2.05, 4.69) is 17.9 Å². The highest BCUT2D eigenvalue weighted by atomic mass is 35.5. The standard InChI is InChI=1S/C27H28ClFN2O2/c1-19-6-9-26(20(2)14-19)33-18-21-4-3-5-22(15-21)27(32)31-12-10-30(11-13-31)17-23-7-8-24(29)16-25(23)28/h3-9,14-16H,10-13,17-18H2,1-2H3. The molecule has 1 fully saturated rings. The first-order valence-electron chi connectivity index (χ1n) is 11.1. The zero-order valence-corrected chi connectivity index (χ0v) is 19.7. The minimum atomic E-state index is -0.333. The summed E-state index contributed by atoms with van der Waals surface area (Å²) in [6.45, 7) is 7.92. The SMILES string of the molecule is Cc1ccc(OCc2cccc(C(=O)N3CCN(Cc4ccc(F)cc4Cl)CC3)c2)c(C)c1. The lowest BCUT2D eigenvalue weighted by Gasteiger charge is -2.35. The van der Waals surface area contributed by atoms with E-state index in [0.717, 1.165) is 35.5 Å². The highest BCUT2D eigenvalue weighted by molar-refractivity contribution is 6.31. The van der Waals surface area contributed by atoms with Crippen LogP contribution < -0.4 is 4.74 Å². The molecular formula is C27H28ClFN2O2. The quantitative estimate of drug-likeness (QED) is 0.471. The van der Waals surface area contributed by atoms with Gasteiger partial charge in [0.2, 0.25) is 0 Å². The van der Waals surface area contributed by atoms with E-state index in [9.17, 15) is 9.18 Å². The van der Waals surface area contributed by atoms with Crippen LogP contribution in [0.15, 0.2) is 60.7 Å². The van der Waals surface area contributed by atoms with Gasteiger partial charge in [0.15, 0.2) is 0 Å². The van der Waals surface area contributed by atoms with Gasteiger partial charge in [0.05, 0.1) is 0 Å². The van der Waals surface area contributed by atoms with E-state index < -0.39 is 0 Å². The number of carbonyl (C=O) groups is 1. The minimum absolute atomic E-state index is 0.0304. The van der Waals surface area contributed by atoms with Crippen LogP contribution in [-0.4, -0.2) is 41.9 Å². The number of benzene rings is 3. The van der Waals surface area contributed by atoms with Gasteiger partial charge in [-0.1, -0.05) is 47.5 Å². The van der Waals surface area contributed by atoms with Gasteiger partial charge in [0, 0.05) is 43.3 Å². The van der Waals surface area contributed by atoms with E-state index in [-0.39, 0.29) is 11.7 Å². The van der Waals surface area contributed by atoms with E-state index in [4.69, 9.17) is 16.3 Å². The van der Waals surface area contributed by atoms with Crippen LogP contribution in [0.2, 0.25) is 5.02 Å². The van der Waals surface area contributed by atoms with Gasteiger partial charge in [-0.2, -0.15) is 0 Å². The van der Waals surface area contributed by atoms with Crippen molar-refractivity contribution in [2.75, 3.05) is 26.2 Å². The minimum Gasteiger partial charge on any atom is -0.489 e. The molecule has 1 aliphatic rings. The van der Waals surface area contributed by atoms with Crippen molar-refractivity contribution in [3.8, 4) is 5.75 Å². The number of hydrogen-bond acceptors (Lipinski definition) is 3. The second-order valence-electron chi connectivity index (χ2n) is 8.56. The molecule has 1 saturated heterocycles. The van der Waals surface area contributed by atoms with E-state index in [0.29, 0.717) is 36.8 Å². The molecule has 0 atom stereocenters. The Morgan fingerprint density at radius 1 is 1.00 bits per heavy atom. The smallest absolute Gasteiger partial charge is 0.253 e. The van der Waals surface area contributed by atoms with Crippen LogP contribution >= 0.6 is 11.6 Å². The number of amides is 1. The van der Waals surface area contributed by atoms with Crippen LogP contribution in [-0.2, 0) is 13.2 Å². The molecule has 1 amide bonds. The maximum atomic E-state index is 13.3. The normalized spacial score (nSPS) is 14.4. The van der Waals surface area contributed by atoms with Crippen LogP contribution in [0.5, 0.6) is 5.75 Å². The van der Waals surface area contributed by atoms with Crippen LogP contribution in [0.25, 0.3) is 0 Å². The van der Waals surface area contributed by atoms with Crippen molar-refractivity contribution < 1.29 is 13.9 Å². The third kappa shape index (κ3) is 5.92. The van der Waals surface area contributed by atoms with Crippen LogP contribution in [0.4, 0.5) is 4.39 Å². The number of carbonyl (C=O) groups excluding carboxylic acids is 1. The van der Waals surface area contributed by atoms with Gasteiger partial charge < -0.3 is 9.64 Å². The fraction of sp³-hybridized carbons (Fsp3) is 0.296. The zero-order chi connectivity index (χ0) is 23.4. The molecule has 172 valence electrons. The summed E-state index contributed by atoms with van der Waals surface area (Å²) in [5.74, 6) is 0.554. The second kappa shape index (κ2) is 10.4. The molecule has 0 aliphatic carbocycles. The number of ether oxygens (including phenoxy) is 1. The van der Waals surface area contributed by atoms with Crippen molar-refractivity contribution >= 4 is 17.5 Å². The molecule has 4 nitrogen and oxygen atoms in total. The van der Waals surface area contributed by atoms with Crippen molar-refractivity contribution in [2.45, 2.75) is 27.0 Å². The van der Waals surface area contributed by atoms with Crippen LogP contribution in [0, 0.1) is 19.7 Å². The average molecular weight is 467 g/mol. The fourth-order valence-corrected chi connectivity index (χ4v) is 4.33. The van der Waals surface area contributed by atoms with Gasteiger partial charge in [-0.05, 0) is 60.9 Å². The first-order chi connectivity index (χ1) is 15.9. The second-order valence-corrected chi connectivity index (χ2v) is 8.97. The lowest BCUT2D eigenvalue weighted by molar-refractivity contribution is 0.0628. The first kappa shape index (κ1) is 23.3. The highest BCUT2D eigenvalue weighted by Crippen LogP contribution is 2.22. The van der Waals surface area contributed by atoms with Crippen LogP contribution in [0.1, 0.15) is 32.6 Å². The van der Waals surface area contributed by atoms with Crippen molar-refractivity contribution in [1.82, 2.24) is 9.80 Å². The number of aryl methyl sites for hydroxylation is 2. The zero-order valence-electron chi connectivity index (χ0n) is 19.0. The van der Waals surface area contributed by atoms with Gasteiger partial charge in [-0.3, -0.25) is 9.69 Å². The van der Waals surface area contributed by atoms with Gasteiger partial charge in [0.25, 0.3) is 5.91 Å². The molecule has 0 radical (unpaired) electrons. The molecule has 0 aromatic heterocycles. The summed E-state index contributed by atoms with van der Waals surface area (Å²) >= 11 is 6.16. The summed E-state index contributed by atoms with van der Waals surface area (Å²) in [7, 11) is 0. The number of rotatable bonds is 6. The Kier molecular flexibility index (Phi) is 7.31. The summed E-state index contributed by atoms with van der Waals surface area (Å²) in [4.78, 5) is 17.2. The topological polar surface area (TPSA) is 32.8 Å². The lowest BCUT2D eigenvalue weighted by Crippen LogP contribution is -2.48. The molecule has 33 heavy (non-hydrogen) atoms. The van der Waals surface area contributed by atoms with Gasteiger partial charge in [-0.15, -0.1) is 0 Å². The summed E-state index contributed by atoms with van der Waals surface area (Å²) in [5.41, 5.74) is 4.84. The molecule has 4 rings (SSSR count). The Balaban J connectivity index is 1.33. The number of halogens is 2. The molecule has 3 aromatic rings. The molecule has 3 aromatic carbocycles. The molecule has 0 spiro atoms. The van der Waals surface area contributed by atoms with Gasteiger partial charge in [-0.25, -0.2) is 4.39 Å². The van der Waals surface area contributed by atoms with Crippen molar-refractivity contribution in [3.63, 3.8) is 0 Å². The summed E-state index contributed by atoms with van der Waals surface area (Å²) < 4.78 is 19.3. The molecule has 0 saturated carbocycles. The summed E-state index contributed by atoms with van der Waals surface area (Å²) in [6.07, 6.45) is 0. The van der Waals surface area contributed by atoms with E-state index >= 15 is 0 Å². The average Bonchev–Trinajstić information content (AvgIpc) is 2.80. The van der Waals surface area contributed by atoms with Crippen molar-refractivity contribution in [3.05, 3.63) is 99.3 Å². The third-order valence-corrected chi connectivity index (χ3v) is 6.32. The van der Waals surface area contributed by atoms with Crippen molar-refractivity contribution in [2.24, 2.45) is 0 Å².